The molecule has 0 atom stereocenters. The van der Waals surface area contributed by atoms with Gasteiger partial charge in [0, 0.05) is 6.42 Å². The second kappa shape index (κ2) is 5.89. The highest BCUT2D eigenvalue weighted by Crippen LogP contribution is 2.32. The van der Waals surface area contributed by atoms with Crippen LogP contribution in [0.2, 0.25) is 10.3 Å². The summed E-state index contributed by atoms with van der Waals surface area (Å²) in [7, 11) is 0. The number of hydrogen-bond acceptors (Lipinski definition) is 2. The van der Waals surface area contributed by atoms with Crippen LogP contribution in [0.5, 0.6) is 0 Å². The number of halogens is 2. The maximum Gasteiger partial charge on any atom is 0.142 e. The summed E-state index contributed by atoms with van der Waals surface area (Å²) in [6.07, 6.45) is 0.771. The van der Waals surface area contributed by atoms with Crippen molar-refractivity contribution in [2.24, 2.45) is 5.92 Å². The second-order valence-electron chi connectivity index (χ2n) is 5.06. The molecule has 0 bridgehead atoms. The van der Waals surface area contributed by atoms with E-state index >= 15 is 0 Å². The molecule has 100 valence electrons. The van der Waals surface area contributed by atoms with E-state index in [1.165, 1.54) is 5.56 Å². The summed E-state index contributed by atoms with van der Waals surface area (Å²) in [5.41, 5.74) is 2.83. The zero-order valence-corrected chi connectivity index (χ0v) is 12.8. The minimum Gasteiger partial charge on any atom is -0.220 e. The molecule has 1 aromatic heterocycles. The van der Waals surface area contributed by atoms with Gasteiger partial charge in [0.05, 0.1) is 5.56 Å². The lowest BCUT2D eigenvalue weighted by atomic mass is 10.1. The highest BCUT2D eigenvalue weighted by Gasteiger charge is 2.14. The Balaban J connectivity index is 2.44. The van der Waals surface area contributed by atoms with E-state index in [-0.39, 0.29) is 0 Å². The van der Waals surface area contributed by atoms with Crippen molar-refractivity contribution in [2.75, 3.05) is 0 Å². The Hall–Kier alpha value is -1.12. The lowest BCUT2D eigenvalue weighted by Gasteiger charge is -2.10. The minimum absolute atomic E-state index is 0.416. The summed E-state index contributed by atoms with van der Waals surface area (Å²) < 4.78 is 0. The summed E-state index contributed by atoms with van der Waals surface area (Å²) in [5.74, 6) is 1.17. The van der Waals surface area contributed by atoms with E-state index in [1.807, 2.05) is 31.2 Å². The SMILES string of the molecule is Cc1ccc(-c2c(Cl)nc(CC(C)C)nc2Cl)cc1. The summed E-state index contributed by atoms with van der Waals surface area (Å²) in [6.45, 7) is 6.26. The molecule has 1 heterocycles. The van der Waals surface area contributed by atoms with E-state index in [2.05, 4.69) is 23.8 Å². The van der Waals surface area contributed by atoms with Crippen LogP contribution in [0, 0.1) is 12.8 Å². The topological polar surface area (TPSA) is 25.8 Å². The number of hydrogen-bond donors (Lipinski definition) is 0. The zero-order valence-electron chi connectivity index (χ0n) is 11.2. The standard InChI is InChI=1S/C15H16Cl2N2/c1-9(2)8-12-18-14(16)13(15(17)19-12)11-6-4-10(3)5-7-11/h4-7,9H,8H2,1-3H3. The first-order valence-corrected chi connectivity index (χ1v) is 7.02. The summed E-state index contributed by atoms with van der Waals surface area (Å²) >= 11 is 12.5. The molecule has 0 saturated carbocycles. The van der Waals surface area contributed by atoms with Crippen LogP contribution in [0.1, 0.15) is 25.2 Å². The minimum atomic E-state index is 0.416. The largest absolute Gasteiger partial charge is 0.220 e. The lowest BCUT2D eigenvalue weighted by molar-refractivity contribution is 0.621. The van der Waals surface area contributed by atoms with Gasteiger partial charge in [-0.2, -0.15) is 0 Å². The first-order chi connectivity index (χ1) is 8.97. The van der Waals surface area contributed by atoms with Crippen molar-refractivity contribution in [3.05, 3.63) is 46.0 Å². The molecule has 0 aliphatic heterocycles. The van der Waals surface area contributed by atoms with Gasteiger partial charge in [0.15, 0.2) is 0 Å². The van der Waals surface area contributed by atoms with Crippen molar-refractivity contribution in [3.8, 4) is 11.1 Å². The molecule has 4 heteroatoms. The van der Waals surface area contributed by atoms with E-state index in [1.54, 1.807) is 0 Å². The van der Waals surface area contributed by atoms with Crippen LogP contribution in [-0.4, -0.2) is 9.97 Å². The monoisotopic (exact) mass is 294 g/mol. The third kappa shape index (κ3) is 3.46. The number of benzene rings is 1. The zero-order chi connectivity index (χ0) is 14.0. The van der Waals surface area contributed by atoms with Crippen LogP contribution in [0.3, 0.4) is 0 Å². The van der Waals surface area contributed by atoms with E-state index in [0.717, 1.165) is 12.0 Å². The summed E-state index contributed by atoms with van der Waals surface area (Å²) in [6, 6.07) is 8.00. The van der Waals surface area contributed by atoms with Crippen LogP contribution < -0.4 is 0 Å². The van der Waals surface area contributed by atoms with E-state index in [0.29, 0.717) is 27.6 Å². The third-order valence-electron chi connectivity index (χ3n) is 2.80. The van der Waals surface area contributed by atoms with Gasteiger partial charge in [0.25, 0.3) is 0 Å². The molecule has 0 aliphatic rings. The fourth-order valence-electron chi connectivity index (χ4n) is 1.86. The highest BCUT2D eigenvalue weighted by molar-refractivity contribution is 6.37. The normalized spacial score (nSPS) is 11.1. The maximum atomic E-state index is 6.26. The van der Waals surface area contributed by atoms with Gasteiger partial charge in [0.2, 0.25) is 0 Å². The predicted octanol–water partition coefficient (Wildman–Crippen LogP) is 4.96. The van der Waals surface area contributed by atoms with Crippen LogP contribution in [-0.2, 0) is 6.42 Å². The van der Waals surface area contributed by atoms with Crippen molar-refractivity contribution >= 4 is 23.2 Å². The Morgan fingerprint density at radius 1 is 1.00 bits per heavy atom. The van der Waals surface area contributed by atoms with Crippen molar-refractivity contribution < 1.29 is 0 Å². The van der Waals surface area contributed by atoms with Crippen LogP contribution in [0.4, 0.5) is 0 Å². The smallest absolute Gasteiger partial charge is 0.142 e. The second-order valence-corrected chi connectivity index (χ2v) is 5.78. The van der Waals surface area contributed by atoms with Gasteiger partial charge in [-0.15, -0.1) is 0 Å². The van der Waals surface area contributed by atoms with Gasteiger partial charge < -0.3 is 0 Å². The number of nitrogens with zero attached hydrogens (tertiary/aromatic N) is 2. The van der Waals surface area contributed by atoms with Gasteiger partial charge in [-0.1, -0.05) is 66.9 Å². The molecule has 1 aromatic carbocycles. The maximum absolute atomic E-state index is 6.26. The van der Waals surface area contributed by atoms with Crippen LogP contribution in [0.25, 0.3) is 11.1 Å². The highest BCUT2D eigenvalue weighted by atomic mass is 35.5. The lowest BCUT2D eigenvalue weighted by Crippen LogP contribution is -2.02. The van der Waals surface area contributed by atoms with E-state index in [4.69, 9.17) is 23.2 Å². The van der Waals surface area contributed by atoms with Crippen LogP contribution in [0.15, 0.2) is 24.3 Å². The molecule has 0 aliphatic carbocycles. The molecular formula is C15H16Cl2N2. The average molecular weight is 295 g/mol. The average Bonchev–Trinajstić information content (AvgIpc) is 2.29. The van der Waals surface area contributed by atoms with E-state index in [9.17, 15) is 0 Å². The fraction of sp³-hybridized carbons (Fsp3) is 0.333. The van der Waals surface area contributed by atoms with Gasteiger partial charge in [0.1, 0.15) is 16.1 Å². The number of aryl methyl sites for hydroxylation is 1. The molecule has 0 amide bonds. The molecule has 0 N–H and O–H groups in total. The van der Waals surface area contributed by atoms with Gasteiger partial charge in [-0.3, -0.25) is 0 Å². The quantitative estimate of drug-likeness (QED) is 0.748. The summed E-state index contributed by atoms with van der Waals surface area (Å²) in [4.78, 5) is 8.69. The van der Waals surface area contributed by atoms with Gasteiger partial charge >= 0.3 is 0 Å². The molecular weight excluding hydrogens is 279 g/mol. The summed E-state index contributed by atoms with van der Waals surface area (Å²) in [5, 5.41) is 0.832. The third-order valence-corrected chi connectivity index (χ3v) is 3.35. The van der Waals surface area contributed by atoms with Gasteiger partial charge in [-0.25, -0.2) is 9.97 Å². The van der Waals surface area contributed by atoms with Crippen molar-refractivity contribution in [1.29, 1.82) is 0 Å². The number of rotatable bonds is 3. The molecule has 0 saturated heterocycles. The van der Waals surface area contributed by atoms with E-state index < -0.39 is 0 Å². The first kappa shape index (κ1) is 14.3. The Bertz CT molecular complexity index is 554. The molecule has 0 unspecified atom stereocenters. The molecule has 0 fully saturated rings. The molecule has 2 nitrogen and oxygen atoms in total. The first-order valence-electron chi connectivity index (χ1n) is 6.26. The van der Waals surface area contributed by atoms with Crippen molar-refractivity contribution in [1.82, 2.24) is 9.97 Å². The molecule has 0 radical (unpaired) electrons. The van der Waals surface area contributed by atoms with Crippen molar-refractivity contribution in [2.45, 2.75) is 27.2 Å². The van der Waals surface area contributed by atoms with Crippen LogP contribution >= 0.6 is 23.2 Å². The number of aromatic nitrogens is 2. The Kier molecular flexibility index (Phi) is 4.43. The van der Waals surface area contributed by atoms with Crippen molar-refractivity contribution in [3.63, 3.8) is 0 Å². The predicted molar refractivity (Wildman–Crippen MR) is 80.8 cm³/mol. The molecule has 2 aromatic rings. The Morgan fingerprint density at radius 2 is 1.53 bits per heavy atom. The Labute approximate surface area is 123 Å². The fourth-order valence-corrected chi connectivity index (χ4v) is 2.50. The molecule has 19 heavy (non-hydrogen) atoms. The Morgan fingerprint density at radius 3 is 2.00 bits per heavy atom. The van der Waals surface area contributed by atoms with Gasteiger partial charge in [-0.05, 0) is 18.4 Å². The molecule has 0 spiro atoms. The molecule has 2 rings (SSSR count).